The Morgan fingerprint density at radius 3 is 0.822 bits per heavy atom. The first-order valence-electron chi connectivity index (χ1n) is 20.2. The number of carbonyl (C=O) groups is 1. The molecule has 5 nitrogen and oxygen atoms in total. The maximum absolute atomic E-state index is 13.0. The molecule has 0 N–H and O–H groups in total. The molecule has 0 aliphatic rings. The first-order chi connectivity index (χ1) is 22.1. The third-order valence-corrected chi connectivity index (χ3v) is 10.4. The highest BCUT2D eigenvalue weighted by Gasteiger charge is 2.30. The molecular weight excluding hydrogens is 579 g/mol. The number of rotatable bonds is 38. The van der Waals surface area contributed by atoms with Crippen molar-refractivity contribution in [3.05, 3.63) is 0 Å². The van der Waals surface area contributed by atoms with E-state index in [0.717, 1.165) is 25.7 Å². The predicted octanol–water partition coefficient (Wildman–Crippen LogP) is 14.6. The highest BCUT2D eigenvalue weighted by molar-refractivity contribution is 7.49. The van der Waals surface area contributed by atoms with E-state index in [1.54, 1.807) is 6.92 Å². The largest absolute Gasteiger partial charge is 0.532 e. The maximum atomic E-state index is 13.0. The van der Waals surface area contributed by atoms with Crippen LogP contribution in [0.4, 0.5) is 0 Å². The van der Waals surface area contributed by atoms with Crippen molar-refractivity contribution in [1.82, 2.24) is 0 Å². The van der Waals surface area contributed by atoms with Crippen LogP contribution in [-0.2, 0) is 22.9 Å². The molecule has 0 spiro atoms. The lowest BCUT2D eigenvalue weighted by molar-refractivity contribution is -0.136. The van der Waals surface area contributed by atoms with E-state index < -0.39 is 13.8 Å². The van der Waals surface area contributed by atoms with E-state index in [0.29, 0.717) is 13.2 Å². The summed E-state index contributed by atoms with van der Waals surface area (Å²) >= 11 is 0. The Labute approximate surface area is 282 Å². The minimum absolute atomic E-state index is 0.162. The molecule has 0 aromatic heterocycles. The van der Waals surface area contributed by atoms with Gasteiger partial charge in [-0.25, -0.2) is 4.57 Å². The van der Waals surface area contributed by atoms with Crippen LogP contribution in [0.3, 0.4) is 0 Å². The highest BCUT2D eigenvalue weighted by atomic mass is 31.2. The van der Waals surface area contributed by atoms with Gasteiger partial charge >= 0.3 is 13.8 Å². The van der Waals surface area contributed by atoms with Gasteiger partial charge in [-0.15, -0.1) is 0 Å². The van der Waals surface area contributed by atoms with Gasteiger partial charge in [-0.2, -0.15) is 0 Å². The molecule has 0 fully saturated rings. The van der Waals surface area contributed by atoms with Crippen LogP contribution in [0.2, 0.25) is 0 Å². The summed E-state index contributed by atoms with van der Waals surface area (Å²) < 4.78 is 29.2. The summed E-state index contributed by atoms with van der Waals surface area (Å²) in [6.45, 7) is 6.87. The van der Waals surface area contributed by atoms with Gasteiger partial charge in [-0.3, -0.25) is 13.8 Å². The predicted molar refractivity (Wildman–Crippen MR) is 195 cm³/mol. The van der Waals surface area contributed by atoms with Crippen molar-refractivity contribution in [1.29, 1.82) is 0 Å². The van der Waals surface area contributed by atoms with Crippen molar-refractivity contribution in [3.63, 3.8) is 0 Å². The molecule has 6 heteroatoms. The van der Waals surface area contributed by atoms with E-state index >= 15 is 0 Å². The zero-order chi connectivity index (χ0) is 32.9. The molecule has 0 atom stereocenters. The van der Waals surface area contributed by atoms with Crippen molar-refractivity contribution in [2.45, 2.75) is 233 Å². The number of hydrogen-bond donors (Lipinski definition) is 0. The molecule has 45 heavy (non-hydrogen) atoms. The van der Waals surface area contributed by atoms with Crippen LogP contribution in [0.5, 0.6) is 0 Å². The Morgan fingerprint density at radius 2 is 0.600 bits per heavy atom. The Balaban J connectivity index is 3.68. The number of carbonyl (C=O) groups excluding carboxylic acids is 1. The molecule has 0 aromatic rings. The molecular formula is C39H79O5P. The standard InChI is InChI=1S/C39H79O5P/c1-4-7-9-11-13-15-17-19-21-23-25-27-29-31-33-35-37-42-45(41,44-39(40)6-3)43-38-36-34-32-30-28-26-24-22-20-18-16-14-12-10-8-5-2/h4-38H2,1-3H3. The zero-order valence-corrected chi connectivity index (χ0v) is 31.6. The van der Waals surface area contributed by atoms with E-state index in [9.17, 15) is 9.36 Å². The summed E-state index contributed by atoms with van der Waals surface area (Å²) in [5.74, 6) is -0.530. The van der Waals surface area contributed by atoms with Gasteiger partial charge in [0.25, 0.3) is 0 Å². The third-order valence-electron chi connectivity index (χ3n) is 9.00. The average Bonchev–Trinajstić information content (AvgIpc) is 3.04. The van der Waals surface area contributed by atoms with Crippen LogP contribution in [0.15, 0.2) is 0 Å². The summed E-state index contributed by atoms with van der Waals surface area (Å²) in [7, 11) is -3.82. The molecule has 0 radical (unpaired) electrons. The third kappa shape index (κ3) is 34.8. The van der Waals surface area contributed by atoms with E-state index in [1.807, 2.05) is 0 Å². The van der Waals surface area contributed by atoms with E-state index in [-0.39, 0.29) is 6.42 Å². The lowest BCUT2D eigenvalue weighted by atomic mass is 10.0. The molecule has 0 bridgehead atoms. The Morgan fingerprint density at radius 1 is 0.378 bits per heavy atom. The number of unbranched alkanes of at least 4 members (excludes halogenated alkanes) is 30. The van der Waals surface area contributed by atoms with Crippen LogP contribution in [0.1, 0.15) is 233 Å². The minimum atomic E-state index is -3.82. The van der Waals surface area contributed by atoms with Crippen molar-refractivity contribution >= 4 is 13.8 Å². The number of phosphoric acid groups is 1. The molecule has 0 rings (SSSR count). The summed E-state index contributed by atoms with van der Waals surface area (Å²) in [6.07, 6.45) is 41.9. The molecule has 0 aliphatic heterocycles. The SMILES string of the molecule is CCCCCCCCCCCCCCCCCCOP(=O)(OCCCCCCCCCCCCCCCCCC)OC(=O)CC. The van der Waals surface area contributed by atoms with Crippen molar-refractivity contribution in [2.24, 2.45) is 0 Å². The van der Waals surface area contributed by atoms with Crippen LogP contribution in [-0.4, -0.2) is 19.2 Å². The quantitative estimate of drug-likeness (QED) is 0.0488. The van der Waals surface area contributed by atoms with Gasteiger partial charge in [0.05, 0.1) is 13.2 Å². The van der Waals surface area contributed by atoms with E-state index in [2.05, 4.69) is 13.8 Å². The monoisotopic (exact) mass is 659 g/mol. The first-order valence-corrected chi connectivity index (χ1v) is 21.7. The lowest BCUT2D eigenvalue weighted by Crippen LogP contribution is -2.07. The smallest absolute Gasteiger partial charge is 0.370 e. The van der Waals surface area contributed by atoms with Gasteiger partial charge in [0.2, 0.25) is 0 Å². The van der Waals surface area contributed by atoms with Gasteiger partial charge in [0.15, 0.2) is 0 Å². The molecule has 0 amide bonds. The van der Waals surface area contributed by atoms with Crippen LogP contribution in [0, 0.1) is 0 Å². The second-order valence-electron chi connectivity index (χ2n) is 13.5. The molecule has 0 heterocycles. The molecule has 0 aliphatic carbocycles. The molecule has 0 saturated heterocycles. The van der Waals surface area contributed by atoms with Crippen LogP contribution < -0.4 is 0 Å². The fourth-order valence-corrected chi connectivity index (χ4v) is 7.20. The Kier molecular flexibility index (Phi) is 36.1. The second kappa shape index (κ2) is 36.5. The maximum Gasteiger partial charge on any atom is 0.532 e. The summed E-state index contributed by atoms with van der Waals surface area (Å²) in [4.78, 5) is 11.8. The van der Waals surface area contributed by atoms with Gasteiger partial charge < -0.3 is 4.52 Å². The average molecular weight is 659 g/mol. The number of hydrogen-bond acceptors (Lipinski definition) is 5. The first kappa shape index (κ1) is 44.6. The topological polar surface area (TPSA) is 61.8 Å². The van der Waals surface area contributed by atoms with Gasteiger partial charge in [0.1, 0.15) is 0 Å². The second-order valence-corrected chi connectivity index (χ2v) is 15.1. The Hall–Kier alpha value is -0.380. The summed E-state index contributed by atoms with van der Waals surface area (Å²) in [5.41, 5.74) is 0. The summed E-state index contributed by atoms with van der Waals surface area (Å²) in [5, 5.41) is 0. The van der Waals surface area contributed by atoms with Crippen molar-refractivity contribution < 1.29 is 22.9 Å². The number of phosphoric ester groups is 1. The molecule has 0 unspecified atom stereocenters. The van der Waals surface area contributed by atoms with Gasteiger partial charge in [-0.05, 0) is 12.8 Å². The minimum Gasteiger partial charge on any atom is -0.370 e. The molecule has 0 saturated carbocycles. The zero-order valence-electron chi connectivity index (χ0n) is 30.7. The fraction of sp³-hybridized carbons (Fsp3) is 0.974. The summed E-state index contributed by atoms with van der Waals surface area (Å²) in [6, 6.07) is 0. The lowest BCUT2D eigenvalue weighted by Gasteiger charge is -2.17. The van der Waals surface area contributed by atoms with Gasteiger partial charge in [0, 0.05) is 6.42 Å². The van der Waals surface area contributed by atoms with Crippen LogP contribution >= 0.6 is 7.82 Å². The van der Waals surface area contributed by atoms with Crippen molar-refractivity contribution in [3.8, 4) is 0 Å². The highest BCUT2D eigenvalue weighted by Crippen LogP contribution is 2.50. The fourth-order valence-electron chi connectivity index (χ4n) is 5.93. The van der Waals surface area contributed by atoms with Crippen LogP contribution in [0.25, 0.3) is 0 Å². The van der Waals surface area contributed by atoms with Gasteiger partial charge in [-0.1, -0.05) is 213 Å². The molecule has 270 valence electrons. The van der Waals surface area contributed by atoms with Crippen molar-refractivity contribution in [2.75, 3.05) is 13.2 Å². The normalized spacial score (nSPS) is 11.8. The Bertz CT molecular complexity index is 599. The van der Waals surface area contributed by atoms with E-state index in [1.165, 1.54) is 180 Å². The molecule has 0 aromatic carbocycles. The van der Waals surface area contributed by atoms with E-state index in [4.69, 9.17) is 13.6 Å².